The first-order valence-electron chi connectivity index (χ1n) is 9.00. The molecule has 0 aliphatic heterocycles. The molecule has 2 N–H and O–H groups in total. The summed E-state index contributed by atoms with van der Waals surface area (Å²) in [6.45, 7) is 5.13. The van der Waals surface area contributed by atoms with Crippen LogP contribution in [0.2, 0.25) is 0 Å². The molecule has 1 aromatic carbocycles. The maximum atomic E-state index is 12.2. The summed E-state index contributed by atoms with van der Waals surface area (Å²) in [7, 11) is 1.80. The summed E-state index contributed by atoms with van der Waals surface area (Å²) in [5, 5.41) is 5.80. The fourth-order valence-electron chi connectivity index (χ4n) is 2.73. The summed E-state index contributed by atoms with van der Waals surface area (Å²) in [5.74, 6) is 0.549. The van der Waals surface area contributed by atoms with Crippen molar-refractivity contribution in [2.24, 2.45) is 5.92 Å². The number of hydrogen-bond donors (Lipinski definition) is 2. The minimum Gasteiger partial charge on any atom is -0.339 e. The van der Waals surface area contributed by atoms with Crippen molar-refractivity contribution >= 4 is 11.9 Å². The quantitative estimate of drug-likeness (QED) is 0.778. The second-order valence-electron chi connectivity index (χ2n) is 6.92. The third kappa shape index (κ3) is 5.93. The Labute approximate surface area is 150 Å². The summed E-state index contributed by atoms with van der Waals surface area (Å²) in [6.07, 6.45) is 7.67. The largest absolute Gasteiger partial charge is 0.339 e. The van der Waals surface area contributed by atoms with Crippen LogP contribution in [-0.4, -0.2) is 36.5 Å². The second-order valence-corrected chi connectivity index (χ2v) is 6.92. The Morgan fingerprint density at radius 3 is 2.48 bits per heavy atom. The van der Waals surface area contributed by atoms with Crippen molar-refractivity contribution in [2.45, 2.75) is 45.7 Å². The molecule has 0 unspecified atom stereocenters. The van der Waals surface area contributed by atoms with Crippen LogP contribution in [0.5, 0.6) is 0 Å². The number of benzene rings is 1. The Morgan fingerprint density at radius 2 is 1.88 bits per heavy atom. The van der Waals surface area contributed by atoms with Gasteiger partial charge in [0, 0.05) is 31.7 Å². The first kappa shape index (κ1) is 19.0. The van der Waals surface area contributed by atoms with E-state index in [0.717, 1.165) is 24.8 Å². The van der Waals surface area contributed by atoms with Crippen LogP contribution >= 0.6 is 0 Å². The van der Waals surface area contributed by atoms with Gasteiger partial charge >= 0.3 is 6.03 Å². The zero-order valence-electron chi connectivity index (χ0n) is 15.4. The van der Waals surface area contributed by atoms with E-state index in [1.807, 2.05) is 38.1 Å². The molecule has 1 atom stereocenters. The van der Waals surface area contributed by atoms with Crippen molar-refractivity contribution in [3.8, 4) is 0 Å². The van der Waals surface area contributed by atoms with Crippen molar-refractivity contribution < 1.29 is 9.59 Å². The SMILES string of the molecule is CC(C)N(C)C(=O)c1ccc(CNC(=O)NC[C@@H]2CC=CCC2)cc1. The highest BCUT2D eigenvalue weighted by molar-refractivity contribution is 5.94. The van der Waals surface area contributed by atoms with Gasteiger partial charge in [0.1, 0.15) is 0 Å². The van der Waals surface area contributed by atoms with Crippen molar-refractivity contribution in [1.82, 2.24) is 15.5 Å². The molecule has 3 amide bonds. The molecule has 0 saturated carbocycles. The Bertz CT molecular complexity index is 608. The average Bonchev–Trinajstić information content (AvgIpc) is 2.64. The number of urea groups is 1. The molecule has 25 heavy (non-hydrogen) atoms. The van der Waals surface area contributed by atoms with Gasteiger partial charge in [0.05, 0.1) is 0 Å². The third-order valence-corrected chi connectivity index (χ3v) is 4.68. The van der Waals surface area contributed by atoms with Crippen molar-refractivity contribution in [1.29, 1.82) is 0 Å². The number of nitrogens with one attached hydrogen (secondary N) is 2. The molecular formula is C20H29N3O2. The maximum Gasteiger partial charge on any atom is 0.315 e. The van der Waals surface area contributed by atoms with Crippen LogP contribution in [0, 0.1) is 5.92 Å². The smallest absolute Gasteiger partial charge is 0.315 e. The van der Waals surface area contributed by atoms with E-state index >= 15 is 0 Å². The molecule has 2 rings (SSSR count). The number of carbonyl (C=O) groups excluding carboxylic acids is 2. The number of allylic oxidation sites excluding steroid dienone is 2. The first-order chi connectivity index (χ1) is 12.0. The standard InChI is InChI=1S/C20H29N3O2/c1-15(2)23(3)19(24)18-11-9-17(10-12-18)14-22-20(25)21-13-16-7-5-4-6-8-16/h4-5,9-12,15-16H,6-8,13-14H2,1-3H3,(H2,21,22,25)/t16-/m1/s1. The zero-order valence-corrected chi connectivity index (χ0v) is 15.4. The average molecular weight is 343 g/mol. The lowest BCUT2D eigenvalue weighted by Gasteiger charge is -2.21. The van der Waals surface area contributed by atoms with E-state index in [1.54, 1.807) is 11.9 Å². The fraction of sp³-hybridized carbons (Fsp3) is 0.500. The first-order valence-corrected chi connectivity index (χ1v) is 9.00. The molecule has 0 heterocycles. The highest BCUT2D eigenvalue weighted by atomic mass is 16.2. The Morgan fingerprint density at radius 1 is 1.16 bits per heavy atom. The van der Waals surface area contributed by atoms with Gasteiger partial charge in [-0.15, -0.1) is 0 Å². The molecule has 0 saturated heterocycles. The van der Waals surface area contributed by atoms with E-state index in [1.165, 1.54) is 0 Å². The van der Waals surface area contributed by atoms with E-state index < -0.39 is 0 Å². The Balaban J connectivity index is 1.76. The van der Waals surface area contributed by atoms with Gasteiger partial charge in [-0.3, -0.25) is 4.79 Å². The molecule has 0 bridgehead atoms. The maximum absolute atomic E-state index is 12.2. The van der Waals surface area contributed by atoms with E-state index in [-0.39, 0.29) is 18.0 Å². The van der Waals surface area contributed by atoms with Gasteiger partial charge in [-0.2, -0.15) is 0 Å². The van der Waals surface area contributed by atoms with E-state index in [0.29, 0.717) is 24.6 Å². The van der Waals surface area contributed by atoms with E-state index in [2.05, 4.69) is 22.8 Å². The van der Waals surface area contributed by atoms with E-state index in [4.69, 9.17) is 0 Å². The normalized spacial score (nSPS) is 16.6. The van der Waals surface area contributed by atoms with Crippen LogP contribution in [0.4, 0.5) is 4.79 Å². The van der Waals surface area contributed by atoms with Crippen LogP contribution in [0.3, 0.4) is 0 Å². The van der Waals surface area contributed by atoms with Crippen molar-refractivity contribution in [3.05, 3.63) is 47.5 Å². The van der Waals surface area contributed by atoms with Crippen LogP contribution in [0.1, 0.15) is 49.0 Å². The van der Waals surface area contributed by atoms with Gasteiger partial charge in [0.2, 0.25) is 0 Å². The molecule has 0 radical (unpaired) electrons. The molecular weight excluding hydrogens is 314 g/mol. The van der Waals surface area contributed by atoms with Crippen molar-refractivity contribution in [3.63, 3.8) is 0 Å². The summed E-state index contributed by atoms with van der Waals surface area (Å²) in [4.78, 5) is 25.8. The highest BCUT2D eigenvalue weighted by Crippen LogP contribution is 2.16. The fourth-order valence-corrected chi connectivity index (χ4v) is 2.73. The number of hydrogen-bond acceptors (Lipinski definition) is 2. The lowest BCUT2D eigenvalue weighted by molar-refractivity contribution is 0.0755. The van der Waals surface area contributed by atoms with Gasteiger partial charge in [-0.1, -0.05) is 24.3 Å². The van der Waals surface area contributed by atoms with Gasteiger partial charge in [0.25, 0.3) is 5.91 Å². The minimum atomic E-state index is -0.144. The molecule has 5 nitrogen and oxygen atoms in total. The molecule has 0 fully saturated rings. The zero-order chi connectivity index (χ0) is 18.2. The van der Waals surface area contributed by atoms with Crippen molar-refractivity contribution in [2.75, 3.05) is 13.6 Å². The van der Waals surface area contributed by atoms with Crippen LogP contribution in [0.15, 0.2) is 36.4 Å². The summed E-state index contributed by atoms with van der Waals surface area (Å²) >= 11 is 0. The molecule has 1 aliphatic carbocycles. The summed E-state index contributed by atoms with van der Waals surface area (Å²) in [5.41, 5.74) is 1.63. The monoisotopic (exact) mass is 343 g/mol. The molecule has 136 valence electrons. The van der Waals surface area contributed by atoms with Crippen LogP contribution < -0.4 is 10.6 Å². The topological polar surface area (TPSA) is 61.4 Å². The van der Waals surface area contributed by atoms with Crippen LogP contribution in [0.25, 0.3) is 0 Å². The lowest BCUT2D eigenvalue weighted by atomic mass is 9.94. The molecule has 0 spiro atoms. The second kappa shape index (κ2) is 9.25. The number of nitrogens with zero attached hydrogens (tertiary/aromatic N) is 1. The number of carbonyl (C=O) groups is 2. The predicted octanol–water partition coefficient (Wildman–Crippen LogP) is 3.32. The number of amides is 3. The molecule has 1 aromatic rings. The summed E-state index contributed by atoms with van der Waals surface area (Å²) < 4.78 is 0. The van der Waals surface area contributed by atoms with Gasteiger partial charge in [0.15, 0.2) is 0 Å². The number of rotatable bonds is 6. The summed E-state index contributed by atoms with van der Waals surface area (Å²) in [6, 6.07) is 7.40. The molecule has 1 aliphatic rings. The molecule has 0 aromatic heterocycles. The van der Waals surface area contributed by atoms with Gasteiger partial charge in [-0.25, -0.2) is 4.79 Å². The van der Waals surface area contributed by atoms with Gasteiger partial charge in [-0.05, 0) is 56.7 Å². The predicted molar refractivity (Wildman–Crippen MR) is 100 cm³/mol. The Kier molecular flexibility index (Phi) is 7.04. The minimum absolute atomic E-state index is 0.00813. The van der Waals surface area contributed by atoms with E-state index in [9.17, 15) is 9.59 Å². The van der Waals surface area contributed by atoms with Crippen LogP contribution in [-0.2, 0) is 6.54 Å². The lowest BCUT2D eigenvalue weighted by Crippen LogP contribution is -2.38. The van der Waals surface area contributed by atoms with Gasteiger partial charge < -0.3 is 15.5 Å². The Hall–Kier alpha value is -2.30. The highest BCUT2D eigenvalue weighted by Gasteiger charge is 2.14. The molecule has 5 heteroatoms. The third-order valence-electron chi connectivity index (χ3n) is 4.68.